The minimum atomic E-state index is -0.0617. The van der Waals surface area contributed by atoms with Gasteiger partial charge in [0.2, 0.25) is 0 Å². The zero-order valence-corrected chi connectivity index (χ0v) is 16.4. The van der Waals surface area contributed by atoms with Crippen LogP contribution in [0.3, 0.4) is 0 Å². The average Bonchev–Trinajstić information content (AvgIpc) is 2.76. The molecule has 0 aliphatic heterocycles. The maximum atomic E-state index is 11.8. The van der Waals surface area contributed by atoms with Crippen LogP contribution in [-0.4, -0.2) is 23.4 Å². The van der Waals surface area contributed by atoms with Crippen molar-refractivity contribution in [2.45, 2.75) is 13.8 Å². The molecule has 30 heavy (non-hydrogen) atoms. The Morgan fingerprint density at radius 1 is 0.600 bits per heavy atom. The molecule has 4 rings (SSSR count). The monoisotopic (exact) mass is 392 g/mol. The molecule has 0 saturated heterocycles. The number of Topliss-reactive ketones (excluding diaryl/α,β-unsaturated/α-hetero) is 2. The number of benzene rings is 4. The predicted molar refractivity (Wildman–Crippen MR) is 114 cm³/mol. The van der Waals surface area contributed by atoms with Crippen LogP contribution in [0.5, 0.6) is 0 Å². The average molecular weight is 392 g/mol. The number of ketones is 2. The Hall–Kier alpha value is -4.10. The molecule has 0 unspecified atom stereocenters. The number of carbonyl (C=O) groups excluding carboxylic acids is 4. The number of fused-ring (bicyclic) bond motifs is 2. The summed E-state index contributed by atoms with van der Waals surface area (Å²) in [6.45, 7) is 2.98. The van der Waals surface area contributed by atoms with Gasteiger partial charge < -0.3 is 0 Å². The second kappa shape index (κ2) is 7.38. The van der Waals surface area contributed by atoms with E-state index in [9.17, 15) is 19.2 Å². The third-order valence-electron chi connectivity index (χ3n) is 5.32. The Kier molecular flexibility index (Phi) is 4.73. The quantitative estimate of drug-likeness (QED) is 0.492. The van der Waals surface area contributed by atoms with Crippen molar-refractivity contribution in [1.29, 1.82) is 0 Å². The summed E-state index contributed by atoms with van der Waals surface area (Å²) in [6.07, 6.45) is 0. The van der Waals surface area contributed by atoms with Crippen LogP contribution in [0.15, 0.2) is 60.7 Å². The Labute approximate surface area is 171 Å². The van der Waals surface area contributed by atoms with Crippen molar-refractivity contribution in [2.75, 3.05) is 0 Å². The molecule has 0 radical (unpaired) electrons. The van der Waals surface area contributed by atoms with Crippen molar-refractivity contribution in [3.63, 3.8) is 0 Å². The van der Waals surface area contributed by atoms with Crippen molar-refractivity contribution in [3.8, 4) is 0 Å². The minimum absolute atomic E-state index is 0.0617. The van der Waals surface area contributed by atoms with Gasteiger partial charge in [-0.3, -0.25) is 9.59 Å². The first kappa shape index (κ1) is 19.2. The third kappa shape index (κ3) is 3.07. The molecule has 0 saturated carbocycles. The van der Waals surface area contributed by atoms with E-state index in [-0.39, 0.29) is 11.6 Å². The summed E-state index contributed by atoms with van der Waals surface area (Å²) in [5.41, 5.74) is 1.12. The summed E-state index contributed by atoms with van der Waals surface area (Å²) < 4.78 is 0. The summed E-state index contributed by atoms with van der Waals surface area (Å²) in [6, 6.07) is 17.3. The van der Waals surface area contributed by atoms with Gasteiger partial charge in [-0.15, -0.1) is 0 Å². The predicted octanol–water partition coefficient (Wildman–Crippen LogP) is 2.69. The number of rotatable bonds is 2. The fraction of sp³-hybridized carbons (Fsp3) is 0.0769. The van der Waals surface area contributed by atoms with Gasteiger partial charge in [-0.05, 0) is 59.7 Å². The summed E-state index contributed by atoms with van der Waals surface area (Å²) >= 11 is 0. The van der Waals surface area contributed by atoms with E-state index in [2.05, 4.69) is 0 Å². The van der Waals surface area contributed by atoms with E-state index >= 15 is 0 Å². The van der Waals surface area contributed by atoms with Crippen LogP contribution in [-0.2, 0) is 9.59 Å². The highest BCUT2D eigenvalue weighted by Crippen LogP contribution is 2.20. The molecule has 0 heterocycles. The van der Waals surface area contributed by atoms with Gasteiger partial charge in [0.1, 0.15) is 11.9 Å². The molecule has 0 bridgehead atoms. The van der Waals surface area contributed by atoms with Crippen molar-refractivity contribution in [3.05, 3.63) is 92.7 Å². The number of carbonyl (C=O) groups is 2. The molecule has 0 fully saturated rings. The lowest BCUT2D eigenvalue weighted by molar-refractivity contribution is 0.100. The molecule has 144 valence electrons. The molecular weight excluding hydrogens is 376 g/mol. The maximum Gasteiger partial charge on any atom is 0.159 e. The van der Waals surface area contributed by atoms with Gasteiger partial charge >= 0.3 is 0 Å². The van der Waals surface area contributed by atoms with Gasteiger partial charge in [-0.25, -0.2) is 9.59 Å². The van der Waals surface area contributed by atoms with E-state index in [0.717, 1.165) is 21.5 Å². The zero-order chi connectivity index (χ0) is 21.4. The first-order valence-electron chi connectivity index (χ1n) is 9.36. The second-order valence-electron chi connectivity index (χ2n) is 7.16. The molecular formula is C26H16O4. The number of hydrogen-bond donors (Lipinski definition) is 0. The van der Waals surface area contributed by atoms with Crippen molar-refractivity contribution >= 4 is 45.0 Å². The van der Waals surface area contributed by atoms with Crippen LogP contribution >= 0.6 is 0 Å². The molecule has 4 nitrogen and oxygen atoms in total. The van der Waals surface area contributed by atoms with Gasteiger partial charge in [-0.2, -0.15) is 0 Å². The highest BCUT2D eigenvalue weighted by atomic mass is 16.1. The SMILES string of the molecule is CC(=O)c1ccc2c(=c3c(=C=O)ccc4cc(C(C)=O)ccc34)c(=C=O)ccc2c1. The largest absolute Gasteiger partial charge is 0.295 e. The molecule has 4 aromatic carbocycles. The van der Waals surface area contributed by atoms with Gasteiger partial charge in [0, 0.05) is 21.6 Å². The standard InChI is InChI=1S/C26H16O4/c1-15(29)17-7-9-23-19(11-17)3-5-21(13-27)25(23)26-22(14-28)6-4-20-12-18(16(2)30)8-10-24(20)26/h3-12H,1-2H3. The van der Waals surface area contributed by atoms with Crippen LogP contribution in [0.1, 0.15) is 34.6 Å². The summed E-state index contributed by atoms with van der Waals surface area (Å²) in [7, 11) is 0. The molecule has 0 aliphatic carbocycles. The molecule has 4 aromatic rings. The Morgan fingerprint density at radius 3 is 1.33 bits per heavy atom. The first-order valence-corrected chi connectivity index (χ1v) is 9.36. The molecule has 0 aromatic heterocycles. The molecule has 4 heteroatoms. The lowest BCUT2D eigenvalue weighted by atomic mass is 9.97. The molecule has 0 N–H and O–H groups in total. The fourth-order valence-electron chi connectivity index (χ4n) is 3.81. The van der Waals surface area contributed by atoms with Crippen LogP contribution < -0.4 is 10.4 Å². The highest BCUT2D eigenvalue weighted by molar-refractivity contribution is 6.00. The van der Waals surface area contributed by atoms with Crippen molar-refractivity contribution in [1.82, 2.24) is 0 Å². The summed E-state index contributed by atoms with van der Waals surface area (Å²) in [5, 5.41) is 4.70. The molecule has 0 amide bonds. The van der Waals surface area contributed by atoms with E-state index in [1.54, 1.807) is 60.7 Å². The van der Waals surface area contributed by atoms with E-state index in [1.165, 1.54) is 13.8 Å². The third-order valence-corrected chi connectivity index (χ3v) is 5.32. The molecule has 0 atom stereocenters. The van der Waals surface area contributed by atoms with Crippen LogP contribution in [0.2, 0.25) is 0 Å². The van der Waals surface area contributed by atoms with E-state index in [0.29, 0.717) is 32.0 Å². The minimum Gasteiger partial charge on any atom is -0.295 e. The highest BCUT2D eigenvalue weighted by Gasteiger charge is 2.08. The van der Waals surface area contributed by atoms with Crippen LogP contribution in [0.4, 0.5) is 0 Å². The number of hydrogen-bond acceptors (Lipinski definition) is 4. The normalized spacial score (nSPS) is 11.8. The summed E-state index contributed by atoms with van der Waals surface area (Å²) in [5.74, 6) is 3.81. The maximum absolute atomic E-state index is 11.8. The smallest absolute Gasteiger partial charge is 0.159 e. The van der Waals surface area contributed by atoms with E-state index < -0.39 is 0 Å². The molecule has 0 spiro atoms. The Balaban J connectivity index is 2.41. The van der Waals surface area contributed by atoms with Crippen molar-refractivity contribution < 1.29 is 19.2 Å². The van der Waals surface area contributed by atoms with Crippen LogP contribution in [0, 0.1) is 10.4 Å². The van der Waals surface area contributed by atoms with Gasteiger partial charge in [0.25, 0.3) is 0 Å². The lowest BCUT2D eigenvalue weighted by Gasteiger charge is -2.05. The second-order valence-corrected chi connectivity index (χ2v) is 7.16. The first-order chi connectivity index (χ1) is 14.4. The Bertz CT molecular complexity index is 1530. The van der Waals surface area contributed by atoms with Crippen LogP contribution in [0.25, 0.3) is 21.5 Å². The van der Waals surface area contributed by atoms with Gasteiger partial charge in [0.05, 0.1) is 10.4 Å². The fourth-order valence-corrected chi connectivity index (χ4v) is 3.81. The van der Waals surface area contributed by atoms with Gasteiger partial charge in [-0.1, -0.05) is 36.4 Å². The topological polar surface area (TPSA) is 68.3 Å². The lowest BCUT2D eigenvalue weighted by Crippen LogP contribution is -2.13. The van der Waals surface area contributed by atoms with Gasteiger partial charge in [0.15, 0.2) is 11.6 Å². The Morgan fingerprint density at radius 2 is 1.00 bits per heavy atom. The van der Waals surface area contributed by atoms with E-state index in [1.807, 2.05) is 11.9 Å². The molecule has 0 aliphatic rings. The summed E-state index contributed by atoms with van der Waals surface area (Å²) in [4.78, 5) is 47.1. The van der Waals surface area contributed by atoms with E-state index in [4.69, 9.17) is 0 Å². The van der Waals surface area contributed by atoms with Crippen molar-refractivity contribution in [2.24, 2.45) is 0 Å². The zero-order valence-electron chi connectivity index (χ0n) is 16.4.